The highest BCUT2D eigenvalue weighted by Crippen LogP contribution is 2.20. The quantitative estimate of drug-likeness (QED) is 0.600. The molecular weight excluding hydrogens is 230 g/mol. The van der Waals surface area contributed by atoms with Crippen molar-refractivity contribution in [3.8, 4) is 0 Å². The fourth-order valence-electron chi connectivity index (χ4n) is 2.56. The van der Waals surface area contributed by atoms with Gasteiger partial charge >= 0.3 is 0 Å². The maximum Gasteiger partial charge on any atom is 0.194 e. The Labute approximate surface area is 110 Å². The first-order valence-corrected chi connectivity index (χ1v) is 7.11. The Hall–Kier alpha value is -0.810. The number of rotatable bonds is 3. The minimum atomic E-state index is 0.196. The highest BCUT2D eigenvalue weighted by atomic mass is 16.5. The van der Waals surface area contributed by atoms with Gasteiger partial charge in [-0.3, -0.25) is 4.99 Å². The van der Waals surface area contributed by atoms with Gasteiger partial charge in [-0.1, -0.05) is 0 Å². The lowest BCUT2D eigenvalue weighted by atomic mass is 10.1. The van der Waals surface area contributed by atoms with Crippen LogP contribution in [0.1, 0.15) is 26.7 Å². The molecule has 2 aliphatic heterocycles. The fourth-order valence-corrected chi connectivity index (χ4v) is 2.56. The molecule has 0 aromatic heterocycles. The first kappa shape index (κ1) is 13.6. The molecule has 2 atom stereocenters. The lowest BCUT2D eigenvalue weighted by molar-refractivity contribution is -0.0816. The van der Waals surface area contributed by atoms with Gasteiger partial charge in [0.1, 0.15) is 6.10 Å². The van der Waals surface area contributed by atoms with Crippen LogP contribution in [-0.4, -0.2) is 62.5 Å². The second kappa shape index (κ2) is 6.95. The minimum absolute atomic E-state index is 0.196. The van der Waals surface area contributed by atoms with Crippen molar-refractivity contribution in [2.75, 3.05) is 39.4 Å². The summed E-state index contributed by atoms with van der Waals surface area (Å²) in [6.45, 7) is 9.32. The fraction of sp³-hybridized carbons (Fsp3) is 0.923. The molecule has 0 radical (unpaired) electrons. The number of ether oxygens (including phenoxy) is 2. The van der Waals surface area contributed by atoms with Crippen LogP contribution in [0.2, 0.25) is 0 Å². The standard InChI is InChI=1S/C13H25N3O2/c1-3-14-13(15-4-2)16-7-9-18-12(10-16)11-6-5-8-17-11/h11-12H,3-10H2,1-2H3,(H,14,15). The molecule has 2 rings (SSSR count). The van der Waals surface area contributed by atoms with Crippen LogP contribution < -0.4 is 5.32 Å². The zero-order valence-corrected chi connectivity index (χ0v) is 11.5. The maximum absolute atomic E-state index is 5.85. The van der Waals surface area contributed by atoms with Gasteiger partial charge in [-0.05, 0) is 26.7 Å². The number of nitrogens with zero attached hydrogens (tertiary/aromatic N) is 2. The van der Waals surface area contributed by atoms with Crippen LogP contribution in [0.4, 0.5) is 0 Å². The van der Waals surface area contributed by atoms with E-state index in [1.54, 1.807) is 0 Å². The molecule has 2 saturated heterocycles. The number of nitrogens with one attached hydrogen (secondary N) is 1. The van der Waals surface area contributed by atoms with Crippen molar-refractivity contribution in [3.63, 3.8) is 0 Å². The van der Waals surface area contributed by atoms with Gasteiger partial charge in [0.25, 0.3) is 0 Å². The van der Waals surface area contributed by atoms with Crippen molar-refractivity contribution in [1.82, 2.24) is 10.2 Å². The molecule has 0 aromatic carbocycles. The summed E-state index contributed by atoms with van der Waals surface area (Å²) in [4.78, 5) is 6.83. The first-order chi connectivity index (χ1) is 8.85. The van der Waals surface area contributed by atoms with E-state index < -0.39 is 0 Å². The van der Waals surface area contributed by atoms with Crippen molar-refractivity contribution in [1.29, 1.82) is 0 Å². The zero-order valence-electron chi connectivity index (χ0n) is 11.5. The number of aliphatic imine (C=N–C) groups is 1. The third-order valence-electron chi connectivity index (χ3n) is 3.42. The van der Waals surface area contributed by atoms with Crippen molar-refractivity contribution < 1.29 is 9.47 Å². The smallest absolute Gasteiger partial charge is 0.194 e. The van der Waals surface area contributed by atoms with Gasteiger partial charge in [0.15, 0.2) is 5.96 Å². The van der Waals surface area contributed by atoms with Gasteiger partial charge in [0.05, 0.1) is 12.7 Å². The second-order valence-corrected chi connectivity index (χ2v) is 4.74. The third-order valence-corrected chi connectivity index (χ3v) is 3.42. The van der Waals surface area contributed by atoms with E-state index in [0.29, 0.717) is 0 Å². The molecular formula is C13H25N3O2. The normalized spacial score (nSPS) is 29.7. The van der Waals surface area contributed by atoms with Gasteiger partial charge < -0.3 is 19.7 Å². The monoisotopic (exact) mass is 255 g/mol. The molecule has 2 aliphatic rings. The minimum Gasteiger partial charge on any atom is -0.375 e. The molecule has 0 saturated carbocycles. The summed E-state index contributed by atoms with van der Waals surface area (Å²) in [5.41, 5.74) is 0. The van der Waals surface area contributed by atoms with E-state index in [1.807, 2.05) is 0 Å². The lowest BCUT2D eigenvalue weighted by Gasteiger charge is -2.37. The molecule has 2 unspecified atom stereocenters. The maximum atomic E-state index is 5.85. The van der Waals surface area contributed by atoms with Gasteiger partial charge in [0, 0.05) is 32.8 Å². The molecule has 104 valence electrons. The number of morpholine rings is 1. The van der Waals surface area contributed by atoms with Crippen LogP contribution >= 0.6 is 0 Å². The molecule has 1 N–H and O–H groups in total. The highest BCUT2D eigenvalue weighted by Gasteiger charge is 2.32. The number of hydrogen-bond donors (Lipinski definition) is 1. The van der Waals surface area contributed by atoms with Gasteiger partial charge in [-0.2, -0.15) is 0 Å². The Kier molecular flexibility index (Phi) is 5.26. The van der Waals surface area contributed by atoms with E-state index in [2.05, 4.69) is 29.1 Å². The van der Waals surface area contributed by atoms with Crippen LogP contribution in [0.3, 0.4) is 0 Å². The van der Waals surface area contributed by atoms with Crippen LogP contribution in [-0.2, 0) is 9.47 Å². The Morgan fingerprint density at radius 2 is 2.11 bits per heavy atom. The predicted octanol–water partition coefficient (Wildman–Crippen LogP) is 0.852. The second-order valence-electron chi connectivity index (χ2n) is 4.74. The van der Waals surface area contributed by atoms with Crippen molar-refractivity contribution in [2.45, 2.75) is 38.9 Å². The lowest BCUT2D eigenvalue weighted by Crippen LogP contribution is -2.53. The summed E-state index contributed by atoms with van der Waals surface area (Å²) in [6.07, 6.45) is 2.76. The molecule has 5 heteroatoms. The van der Waals surface area contributed by atoms with Gasteiger partial charge in [0.2, 0.25) is 0 Å². The van der Waals surface area contributed by atoms with E-state index >= 15 is 0 Å². The van der Waals surface area contributed by atoms with E-state index in [1.165, 1.54) is 0 Å². The molecule has 18 heavy (non-hydrogen) atoms. The van der Waals surface area contributed by atoms with Crippen LogP contribution in [0.25, 0.3) is 0 Å². The summed E-state index contributed by atoms with van der Waals surface area (Å²) >= 11 is 0. The summed E-state index contributed by atoms with van der Waals surface area (Å²) in [5, 5.41) is 3.34. The van der Waals surface area contributed by atoms with Crippen LogP contribution in [0, 0.1) is 0 Å². The van der Waals surface area contributed by atoms with E-state index in [9.17, 15) is 0 Å². The summed E-state index contributed by atoms with van der Waals surface area (Å²) in [5.74, 6) is 1.01. The Balaban J connectivity index is 1.93. The van der Waals surface area contributed by atoms with Gasteiger partial charge in [-0.25, -0.2) is 0 Å². The average molecular weight is 255 g/mol. The average Bonchev–Trinajstić information content (AvgIpc) is 2.93. The first-order valence-electron chi connectivity index (χ1n) is 7.11. The van der Waals surface area contributed by atoms with Gasteiger partial charge in [-0.15, -0.1) is 0 Å². The topological polar surface area (TPSA) is 46.1 Å². The third kappa shape index (κ3) is 3.36. The molecule has 2 heterocycles. The molecule has 2 fully saturated rings. The zero-order chi connectivity index (χ0) is 12.8. The Morgan fingerprint density at radius 3 is 2.78 bits per heavy atom. The van der Waals surface area contributed by atoms with Crippen LogP contribution in [0.5, 0.6) is 0 Å². The molecule has 0 bridgehead atoms. The number of hydrogen-bond acceptors (Lipinski definition) is 3. The van der Waals surface area contributed by atoms with Crippen molar-refractivity contribution in [2.24, 2.45) is 4.99 Å². The number of guanidine groups is 1. The van der Waals surface area contributed by atoms with Crippen molar-refractivity contribution in [3.05, 3.63) is 0 Å². The SMILES string of the molecule is CCN=C(NCC)N1CCOC(C2CCCO2)C1. The van der Waals surface area contributed by atoms with E-state index in [4.69, 9.17) is 9.47 Å². The molecule has 0 aliphatic carbocycles. The van der Waals surface area contributed by atoms with E-state index in [-0.39, 0.29) is 12.2 Å². The van der Waals surface area contributed by atoms with Crippen molar-refractivity contribution >= 4 is 5.96 Å². The predicted molar refractivity (Wildman–Crippen MR) is 71.9 cm³/mol. The molecule has 0 amide bonds. The summed E-state index contributed by atoms with van der Waals surface area (Å²) in [7, 11) is 0. The molecule has 0 spiro atoms. The molecule has 0 aromatic rings. The Bertz CT molecular complexity index is 277. The van der Waals surface area contributed by atoms with Crippen LogP contribution in [0.15, 0.2) is 4.99 Å². The summed E-state index contributed by atoms with van der Waals surface area (Å²) in [6, 6.07) is 0. The largest absolute Gasteiger partial charge is 0.375 e. The summed E-state index contributed by atoms with van der Waals surface area (Å²) < 4.78 is 11.6. The van der Waals surface area contributed by atoms with E-state index in [0.717, 1.165) is 58.2 Å². The molecule has 5 nitrogen and oxygen atoms in total. The highest BCUT2D eigenvalue weighted by molar-refractivity contribution is 5.80. The Morgan fingerprint density at radius 1 is 1.28 bits per heavy atom.